The van der Waals surface area contributed by atoms with Gasteiger partial charge in [0.25, 0.3) is 0 Å². The second-order valence-corrected chi connectivity index (χ2v) is 7.59. The highest BCUT2D eigenvalue weighted by Crippen LogP contribution is 2.34. The molecule has 1 fully saturated rings. The molecule has 26 heavy (non-hydrogen) atoms. The number of hydrogen-bond donors (Lipinski definition) is 2. The molecular formula is C22H30N2O2. The minimum absolute atomic E-state index is 0.202. The number of hydrogen-bond acceptors (Lipinski definition) is 4. The van der Waals surface area contributed by atoms with E-state index in [-0.39, 0.29) is 5.75 Å². The number of aliphatic hydroxyl groups is 1. The maximum atomic E-state index is 11.5. The highest BCUT2D eigenvalue weighted by Gasteiger charge is 2.33. The Morgan fingerprint density at radius 2 is 1.77 bits per heavy atom. The summed E-state index contributed by atoms with van der Waals surface area (Å²) in [6.45, 7) is 5.59. The SMILES string of the molecule is C[C@@H]1CCC[C@H](C)N1CCC[C@@](O)(c1ccc(O)cc1)c1ccccn1. The lowest BCUT2D eigenvalue weighted by molar-refractivity contribution is 0.0489. The number of aromatic nitrogens is 1. The van der Waals surface area contributed by atoms with E-state index in [9.17, 15) is 10.2 Å². The van der Waals surface area contributed by atoms with Gasteiger partial charge in [-0.3, -0.25) is 9.88 Å². The second kappa shape index (κ2) is 8.19. The Morgan fingerprint density at radius 1 is 1.08 bits per heavy atom. The molecule has 3 rings (SSSR count). The molecule has 1 saturated heterocycles. The van der Waals surface area contributed by atoms with Crippen molar-refractivity contribution < 1.29 is 10.2 Å². The van der Waals surface area contributed by atoms with Crippen molar-refractivity contribution in [1.29, 1.82) is 0 Å². The molecule has 0 spiro atoms. The van der Waals surface area contributed by atoms with E-state index in [1.807, 2.05) is 18.2 Å². The number of nitrogens with zero attached hydrogens (tertiary/aromatic N) is 2. The van der Waals surface area contributed by atoms with Crippen LogP contribution in [0.3, 0.4) is 0 Å². The Morgan fingerprint density at radius 3 is 2.38 bits per heavy atom. The highest BCUT2D eigenvalue weighted by atomic mass is 16.3. The summed E-state index contributed by atoms with van der Waals surface area (Å²) >= 11 is 0. The number of benzene rings is 1. The summed E-state index contributed by atoms with van der Waals surface area (Å²) in [7, 11) is 0. The molecule has 4 heteroatoms. The van der Waals surface area contributed by atoms with Crippen LogP contribution in [0, 0.1) is 0 Å². The predicted octanol–water partition coefficient (Wildman–Crippen LogP) is 4.07. The molecule has 1 aliphatic rings. The first-order chi connectivity index (χ1) is 12.5. The molecule has 1 aromatic carbocycles. The molecule has 4 nitrogen and oxygen atoms in total. The van der Waals surface area contributed by atoms with Crippen molar-refractivity contribution in [3.63, 3.8) is 0 Å². The Bertz CT molecular complexity index is 679. The van der Waals surface area contributed by atoms with E-state index in [2.05, 4.69) is 23.7 Å². The van der Waals surface area contributed by atoms with Crippen molar-refractivity contribution in [3.05, 3.63) is 59.9 Å². The van der Waals surface area contributed by atoms with Gasteiger partial charge in [0.05, 0.1) is 5.69 Å². The largest absolute Gasteiger partial charge is 0.508 e. The lowest BCUT2D eigenvalue weighted by atomic mass is 9.85. The van der Waals surface area contributed by atoms with Gasteiger partial charge in [-0.25, -0.2) is 0 Å². The van der Waals surface area contributed by atoms with Gasteiger partial charge in [0.15, 0.2) is 0 Å². The summed E-state index contributed by atoms with van der Waals surface area (Å²) in [6.07, 6.45) is 7.03. The topological polar surface area (TPSA) is 56.6 Å². The van der Waals surface area contributed by atoms with Gasteiger partial charge >= 0.3 is 0 Å². The Balaban J connectivity index is 1.77. The summed E-state index contributed by atoms with van der Waals surface area (Å²) in [6, 6.07) is 13.7. The molecule has 0 unspecified atom stereocenters. The Kier molecular flexibility index (Phi) is 5.94. The number of phenols is 1. The first-order valence-electron chi connectivity index (χ1n) is 9.70. The lowest BCUT2D eigenvalue weighted by Crippen LogP contribution is -2.44. The zero-order chi connectivity index (χ0) is 18.6. The zero-order valence-electron chi connectivity index (χ0n) is 15.8. The highest BCUT2D eigenvalue weighted by molar-refractivity contribution is 5.35. The minimum atomic E-state index is -1.14. The van der Waals surface area contributed by atoms with Gasteiger partial charge in [0, 0.05) is 18.3 Å². The number of pyridine rings is 1. The Labute approximate surface area is 156 Å². The van der Waals surface area contributed by atoms with E-state index in [1.54, 1.807) is 30.5 Å². The van der Waals surface area contributed by atoms with Gasteiger partial charge in [0.1, 0.15) is 11.4 Å². The third kappa shape index (κ3) is 4.08. The molecule has 3 atom stereocenters. The molecule has 0 radical (unpaired) electrons. The van der Waals surface area contributed by atoms with E-state index in [0.717, 1.165) is 18.5 Å². The van der Waals surface area contributed by atoms with Gasteiger partial charge in [-0.15, -0.1) is 0 Å². The number of aromatic hydroxyl groups is 1. The number of phenolic OH excluding ortho intramolecular Hbond substituents is 1. The third-order valence-electron chi connectivity index (χ3n) is 5.76. The minimum Gasteiger partial charge on any atom is -0.508 e. The van der Waals surface area contributed by atoms with Crippen LogP contribution < -0.4 is 0 Å². The van der Waals surface area contributed by atoms with E-state index in [4.69, 9.17) is 0 Å². The first kappa shape index (κ1) is 18.9. The van der Waals surface area contributed by atoms with Crippen molar-refractivity contribution in [2.75, 3.05) is 6.54 Å². The number of piperidine rings is 1. The summed E-state index contributed by atoms with van der Waals surface area (Å²) in [5.41, 5.74) is 0.288. The van der Waals surface area contributed by atoms with Crippen LogP contribution in [0.5, 0.6) is 5.75 Å². The average molecular weight is 354 g/mol. The Hall–Kier alpha value is -1.91. The van der Waals surface area contributed by atoms with E-state index in [1.165, 1.54) is 19.3 Å². The molecule has 0 saturated carbocycles. The molecule has 1 aliphatic heterocycles. The fraction of sp³-hybridized carbons (Fsp3) is 0.500. The fourth-order valence-electron chi connectivity index (χ4n) is 4.20. The van der Waals surface area contributed by atoms with Gasteiger partial charge in [-0.1, -0.05) is 24.6 Å². The van der Waals surface area contributed by atoms with Gasteiger partial charge < -0.3 is 10.2 Å². The summed E-state index contributed by atoms with van der Waals surface area (Å²) < 4.78 is 0. The predicted molar refractivity (Wildman–Crippen MR) is 104 cm³/mol. The zero-order valence-corrected chi connectivity index (χ0v) is 15.8. The molecule has 140 valence electrons. The van der Waals surface area contributed by atoms with Crippen molar-refractivity contribution in [1.82, 2.24) is 9.88 Å². The third-order valence-corrected chi connectivity index (χ3v) is 5.76. The van der Waals surface area contributed by atoms with Gasteiger partial charge in [-0.2, -0.15) is 0 Å². The van der Waals surface area contributed by atoms with Crippen LogP contribution in [0.4, 0.5) is 0 Å². The van der Waals surface area contributed by atoms with Crippen LogP contribution in [-0.2, 0) is 5.60 Å². The van der Waals surface area contributed by atoms with Crippen LogP contribution in [0.2, 0.25) is 0 Å². The average Bonchev–Trinajstić information content (AvgIpc) is 2.65. The van der Waals surface area contributed by atoms with Crippen molar-refractivity contribution >= 4 is 0 Å². The normalized spacial score (nSPS) is 23.5. The van der Waals surface area contributed by atoms with E-state index in [0.29, 0.717) is 24.2 Å². The molecule has 2 heterocycles. The second-order valence-electron chi connectivity index (χ2n) is 7.59. The van der Waals surface area contributed by atoms with Crippen LogP contribution >= 0.6 is 0 Å². The smallest absolute Gasteiger partial charge is 0.131 e. The molecule has 0 aliphatic carbocycles. The maximum Gasteiger partial charge on any atom is 0.131 e. The van der Waals surface area contributed by atoms with Crippen molar-refractivity contribution in [2.45, 2.75) is 63.6 Å². The van der Waals surface area contributed by atoms with Crippen molar-refractivity contribution in [2.24, 2.45) is 0 Å². The van der Waals surface area contributed by atoms with Gasteiger partial charge in [0.2, 0.25) is 0 Å². The number of rotatable bonds is 6. The maximum absolute atomic E-state index is 11.5. The monoisotopic (exact) mass is 354 g/mol. The number of likely N-dealkylation sites (tertiary alicyclic amines) is 1. The molecule has 1 aromatic heterocycles. The molecule has 0 bridgehead atoms. The van der Waals surface area contributed by atoms with Crippen LogP contribution in [0.1, 0.15) is 57.2 Å². The fourth-order valence-corrected chi connectivity index (χ4v) is 4.20. The standard InChI is InChI=1S/C22H30N2O2/c1-17-7-5-8-18(2)24(17)16-6-14-22(26,21-9-3-4-15-23-21)19-10-12-20(25)13-11-19/h3-4,9-13,15,17-18,25-26H,5-8,14,16H2,1-2H3/t17-,18+,22-/m1/s1. The van der Waals surface area contributed by atoms with E-state index < -0.39 is 5.60 Å². The van der Waals surface area contributed by atoms with E-state index >= 15 is 0 Å². The molecular weight excluding hydrogens is 324 g/mol. The summed E-state index contributed by atoms with van der Waals surface area (Å²) in [5, 5.41) is 21.1. The first-order valence-corrected chi connectivity index (χ1v) is 9.70. The van der Waals surface area contributed by atoms with Gasteiger partial charge in [-0.05, 0) is 75.9 Å². The van der Waals surface area contributed by atoms with Crippen LogP contribution in [0.25, 0.3) is 0 Å². The molecule has 2 aromatic rings. The summed E-state index contributed by atoms with van der Waals surface area (Å²) in [4.78, 5) is 6.99. The summed E-state index contributed by atoms with van der Waals surface area (Å²) in [5.74, 6) is 0.202. The van der Waals surface area contributed by atoms with Crippen LogP contribution in [0.15, 0.2) is 48.7 Å². The lowest BCUT2D eigenvalue weighted by Gasteiger charge is -2.39. The quantitative estimate of drug-likeness (QED) is 0.821. The molecule has 2 N–H and O–H groups in total. The molecule has 0 amide bonds. The van der Waals surface area contributed by atoms with Crippen LogP contribution in [-0.4, -0.2) is 38.7 Å². The van der Waals surface area contributed by atoms with Crippen molar-refractivity contribution in [3.8, 4) is 5.75 Å².